The maximum absolute atomic E-state index is 12.1. The molecule has 0 heterocycles. The zero-order valence-corrected chi connectivity index (χ0v) is 14.4. The van der Waals surface area contributed by atoms with Crippen molar-refractivity contribution in [2.75, 3.05) is 17.3 Å². The number of carbonyl (C=O) groups excluding carboxylic acids is 1. The number of hydrogen-bond acceptors (Lipinski definition) is 5. The number of nitrogens with one attached hydrogen (secondary N) is 1. The van der Waals surface area contributed by atoms with Crippen LogP contribution in [0.5, 0.6) is 0 Å². The molecule has 0 bridgehead atoms. The van der Waals surface area contributed by atoms with E-state index < -0.39 is 21.7 Å². The highest BCUT2D eigenvalue weighted by molar-refractivity contribution is 8.00. The molecule has 0 radical (unpaired) electrons. The van der Waals surface area contributed by atoms with Crippen LogP contribution in [0.2, 0.25) is 0 Å². The Balaban J connectivity index is 2.10. The van der Waals surface area contributed by atoms with Crippen molar-refractivity contribution in [3.05, 3.63) is 54.1 Å². The number of benzene rings is 2. The number of anilines is 1. The highest BCUT2D eigenvalue weighted by Crippen LogP contribution is 2.24. The van der Waals surface area contributed by atoms with Gasteiger partial charge < -0.3 is 10.4 Å². The lowest BCUT2D eigenvalue weighted by atomic mass is 10.2. The van der Waals surface area contributed by atoms with Gasteiger partial charge in [-0.25, -0.2) is 13.2 Å². The van der Waals surface area contributed by atoms with Crippen LogP contribution in [-0.2, 0) is 14.6 Å². The second-order valence-corrected chi connectivity index (χ2v) is 7.91. The van der Waals surface area contributed by atoms with Crippen molar-refractivity contribution in [1.82, 2.24) is 0 Å². The quantitative estimate of drug-likeness (QED) is 0.763. The second-order valence-electron chi connectivity index (χ2n) is 4.91. The van der Waals surface area contributed by atoms with Gasteiger partial charge in [-0.05, 0) is 24.3 Å². The fourth-order valence-electron chi connectivity index (χ4n) is 1.99. The molecule has 2 N–H and O–H groups in total. The third-order valence-corrected chi connectivity index (χ3v) is 5.27. The number of thioether (sulfide) groups is 1. The lowest BCUT2D eigenvalue weighted by molar-refractivity contribution is -0.113. The summed E-state index contributed by atoms with van der Waals surface area (Å²) < 4.78 is 23.4. The van der Waals surface area contributed by atoms with Gasteiger partial charge in [0.1, 0.15) is 0 Å². The summed E-state index contributed by atoms with van der Waals surface area (Å²) in [6.45, 7) is 0. The van der Waals surface area contributed by atoms with Gasteiger partial charge in [0.2, 0.25) is 5.91 Å². The Morgan fingerprint density at radius 2 is 1.71 bits per heavy atom. The number of amides is 1. The smallest absolute Gasteiger partial charge is 0.336 e. The Morgan fingerprint density at radius 1 is 1.08 bits per heavy atom. The number of sulfone groups is 1. The van der Waals surface area contributed by atoms with Crippen LogP contribution < -0.4 is 5.32 Å². The zero-order chi connectivity index (χ0) is 17.7. The standard InChI is InChI=1S/C16H15NO5S2/c1-24(21,22)14-9-5-3-7-12(14)17-15(18)10-23-13-8-4-2-6-11(13)16(19)20/h2-9H,10H2,1H3,(H,17,18)(H,19,20). The molecule has 0 aliphatic heterocycles. The van der Waals surface area contributed by atoms with E-state index in [-0.39, 0.29) is 21.9 Å². The predicted octanol–water partition coefficient (Wildman–Crippen LogP) is 2.52. The van der Waals surface area contributed by atoms with Crippen molar-refractivity contribution in [1.29, 1.82) is 0 Å². The number of hydrogen-bond donors (Lipinski definition) is 2. The van der Waals surface area contributed by atoms with E-state index in [2.05, 4.69) is 5.32 Å². The van der Waals surface area contributed by atoms with Gasteiger partial charge in [0.15, 0.2) is 9.84 Å². The molecule has 2 rings (SSSR count). The first kappa shape index (κ1) is 18.0. The van der Waals surface area contributed by atoms with Crippen molar-refractivity contribution in [3.63, 3.8) is 0 Å². The molecule has 24 heavy (non-hydrogen) atoms. The summed E-state index contributed by atoms with van der Waals surface area (Å²) in [6.07, 6.45) is 1.07. The zero-order valence-electron chi connectivity index (χ0n) is 12.7. The van der Waals surface area contributed by atoms with Crippen LogP contribution >= 0.6 is 11.8 Å². The van der Waals surface area contributed by atoms with E-state index in [0.29, 0.717) is 4.90 Å². The molecular formula is C16H15NO5S2. The summed E-state index contributed by atoms with van der Waals surface area (Å²) in [6, 6.07) is 12.5. The predicted molar refractivity (Wildman–Crippen MR) is 92.3 cm³/mol. The van der Waals surface area contributed by atoms with E-state index in [9.17, 15) is 18.0 Å². The van der Waals surface area contributed by atoms with Crippen LogP contribution in [0.1, 0.15) is 10.4 Å². The first-order chi connectivity index (χ1) is 11.3. The first-order valence-corrected chi connectivity index (χ1v) is 9.71. The van der Waals surface area contributed by atoms with Crippen molar-refractivity contribution in [3.8, 4) is 0 Å². The first-order valence-electron chi connectivity index (χ1n) is 6.83. The normalized spacial score (nSPS) is 11.0. The van der Waals surface area contributed by atoms with Gasteiger partial charge in [0.25, 0.3) is 0 Å². The van der Waals surface area contributed by atoms with Crippen molar-refractivity contribution in [2.24, 2.45) is 0 Å². The van der Waals surface area contributed by atoms with Crippen LogP contribution in [0, 0.1) is 0 Å². The highest BCUT2D eigenvalue weighted by Gasteiger charge is 2.15. The summed E-state index contributed by atoms with van der Waals surface area (Å²) in [7, 11) is -3.46. The van der Waals surface area contributed by atoms with E-state index in [1.165, 1.54) is 18.2 Å². The topological polar surface area (TPSA) is 101 Å². The number of carboxylic acids is 1. The van der Waals surface area contributed by atoms with Crippen molar-refractivity contribution < 1.29 is 23.1 Å². The van der Waals surface area contributed by atoms with Gasteiger partial charge in [0, 0.05) is 11.2 Å². The molecule has 0 aliphatic carbocycles. The molecule has 0 aliphatic rings. The molecule has 0 atom stereocenters. The van der Waals surface area contributed by atoms with Gasteiger partial charge in [-0.1, -0.05) is 24.3 Å². The minimum absolute atomic E-state index is 0.0364. The minimum atomic E-state index is -3.46. The molecule has 0 saturated heterocycles. The lowest BCUT2D eigenvalue weighted by Crippen LogP contribution is -2.16. The van der Waals surface area contributed by atoms with E-state index in [4.69, 9.17) is 5.11 Å². The van der Waals surface area contributed by atoms with E-state index in [1.807, 2.05) is 0 Å². The minimum Gasteiger partial charge on any atom is -0.478 e. The molecule has 0 spiro atoms. The van der Waals surface area contributed by atoms with E-state index in [1.54, 1.807) is 30.3 Å². The highest BCUT2D eigenvalue weighted by atomic mass is 32.2. The summed E-state index contributed by atoms with van der Waals surface area (Å²) in [5.41, 5.74) is 0.323. The average Bonchev–Trinajstić information content (AvgIpc) is 2.52. The monoisotopic (exact) mass is 365 g/mol. The Kier molecular flexibility index (Phi) is 5.63. The van der Waals surface area contributed by atoms with E-state index in [0.717, 1.165) is 18.0 Å². The molecule has 0 fully saturated rings. The van der Waals surface area contributed by atoms with Crippen LogP contribution in [0.15, 0.2) is 58.3 Å². The van der Waals surface area contributed by atoms with Gasteiger partial charge in [0.05, 0.1) is 21.9 Å². The summed E-state index contributed by atoms with van der Waals surface area (Å²) in [4.78, 5) is 23.7. The Morgan fingerprint density at radius 3 is 2.38 bits per heavy atom. The second kappa shape index (κ2) is 7.50. The summed E-state index contributed by atoms with van der Waals surface area (Å²) in [5, 5.41) is 11.7. The maximum Gasteiger partial charge on any atom is 0.336 e. The number of para-hydroxylation sites is 1. The fraction of sp³-hybridized carbons (Fsp3) is 0.125. The Hall–Kier alpha value is -2.32. The van der Waals surface area contributed by atoms with Crippen molar-refractivity contribution >= 4 is 39.2 Å². The van der Waals surface area contributed by atoms with Gasteiger partial charge >= 0.3 is 5.97 Å². The molecule has 0 unspecified atom stereocenters. The Bertz CT molecular complexity index is 878. The summed E-state index contributed by atoms with van der Waals surface area (Å²) in [5.74, 6) is -1.53. The summed E-state index contributed by atoms with van der Waals surface area (Å²) >= 11 is 1.07. The van der Waals surface area contributed by atoms with Crippen LogP contribution in [0.25, 0.3) is 0 Å². The van der Waals surface area contributed by atoms with Gasteiger partial charge in [-0.3, -0.25) is 4.79 Å². The fourth-order valence-corrected chi connectivity index (χ4v) is 3.68. The molecule has 8 heteroatoms. The molecule has 126 valence electrons. The van der Waals surface area contributed by atoms with Crippen LogP contribution in [-0.4, -0.2) is 37.4 Å². The SMILES string of the molecule is CS(=O)(=O)c1ccccc1NC(=O)CSc1ccccc1C(=O)O. The molecular weight excluding hydrogens is 350 g/mol. The lowest BCUT2D eigenvalue weighted by Gasteiger charge is -2.10. The molecule has 0 aromatic heterocycles. The third-order valence-electron chi connectivity index (χ3n) is 3.04. The molecule has 2 aromatic carbocycles. The van der Waals surface area contributed by atoms with Crippen LogP contribution in [0.3, 0.4) is 0 Å². The molecule has 6 nitrogen and oxygen atoms in total. The number of rotatable bonds is 6. The van der Waals surface area contributed by atoms with Gasteiger partial charge in [-0.15, -0.1) is 11.8 Å². The molecule has 0 saturated carbocycles. The third kappa shape index (κ3) is 4.59. The van der Waals surface area contributed by atoms with Crippen LogP contribution in [0.4, 0.5) is 5.69 Å². The van der Waals surface area contributed by atoms with Crippen molar-refractivity contribution in [2.45, 2.75) is 9.79 Å². The number of aromatic carboxylic acids is 1. The number of carbonyl (C=O) groups is 2. The van der Waals surface area contributed by atoms with Gasteiger partial charge in [-0.2, -0.15) is 0 Å². The molecule has 1 amide bonds. The van der Waals surface area contributed by atoms with E-state index >= 15 is 0 Å². The average molecular weight is 365 g/mol. The largest absolute Gasteiger partial charge is 0.478 e. The Labute approximate surface area is 143 Å². The molecule has 2 aromatic rings. The number of carboxylic acid groups (broad SMARTS) is 1. The maximum atomic E-state index is 12.1.